The fraction of sp³-hybridized carbons (Fsp3) is 0.320. The van der Waals surface area contributed by atoms with Crippen LogP contribution >= 0.6 is 12.4 Å². The van der Waals surface area contributed by atoms with Crippen molar-refractivity contribution in [1.82, 2.24) is 14.5 Å². The standard InChI is InChI=1S/C25H23F6N5O2.ClH/c1-13(37)33-17-4-2-14(3-5-17)23-21-12-35(6-7-36(21)24(34-23)25(29,30)31)22(38)10-16(32)8-15-9-19(27)20(28)11-18(15)26;/h2-5,9,11,16H,6-8,10,12,32H2,1H3,(H,33,37);1H. The summed E-state index contributed by atoms with van der Waals surface area (Å²) in [5, 5.41) is 2.57. The minimum Gasteiger partial charge on any atom is -0.335 e. The lowest BCUT2D eigenvalue weighted by Crippen LogP contribution is -2.42. The molecule has 2 heterocycles. The van der Waals surface area contributed by atoms with Crippen molar-refractivity contribution in [2.24, 2.45) is 5.73 Å². The van der Waals surface area contributed by atoms with Crippen molar-refractivity contribution in [3.8, 4) is 11.3 Å². The average molecular weight is 576 g/mol. The predicted molar refractivity (Wildman–Crippen MR) is 132 cm³/mol. The summed E-state index contributed by atoms with van der Waals surface area (Å²) < 4.78 is 82.8. The summed E-state index contributed by atoms with van der Waals surface area (Å²) in [6, 6.07) is 6.21. The highest BCUT2D eigenvalue weighted by Crippen LogP contribution is 2.36. The lowest BCUT2D eigenvalue weighted by Gasteiger charge is -2.30. The molecule has 0 saturated carbocycles. The van der Waals surface area contributed by atoms with Gasteiger partial charge >= 0.3 is 6.18 Å². The molecule has 3 aromatic rings. The topological polar surface area (TPSA) is 93.2 Å². The van der Waals surface area contributed by atoms with Crippen molar-refractivity contribution < 1.29 is 35.9 Å². The molecule has 39 heavy (non-hydrogen) atoms. The second-order valence-electron chi connectivity index (χ2n) is 8.98. The Bertz CT molecular complexity index is 1380. The maximum absolute atomic E-state index is 14.0. The van der Waals surface area contributed by atoms with Gasteiger partial charge in [-0.15, -0.1) is 12.4 Å². The molecule has 7 nitrogen and oxygen atoms in total. The summed E-state index contributed by atoms with van der Waals surface area (Å²) in [4.78, 5) is 29.4. The molecule has 0 radical (unpaired) electrons. The third-order valence-electron chi connectivity index (χ3n) is 6.10. The quantitative estimate of drug-likeness (QED) is 0.330. The van der Waals surface area contributed by atoms with E-state index in [1.807, 2.05) is 0 Å². The van der Waals surface area contributed by atoms with Gasteiger partial charge < -0.3 is 20.5 Å². The molecule has 1 aliphatic heterocycles. The van der Waals surface area contributed by atoms with E-state index < -0.39 is 41.4 Å². The number of anilines is 1. The van der Waals surface area contributed by atoms with E-state index in [1.54, 1.807) is 0 Å². The van der Waals surface area contributed by atoms with Gasteiger partial charge in [-0.25, -0.2) is 18.2 Å². The molecule has 1 aliphatic rings. The first-order valence-corrected chi connectivity index (χ1v) is 11.5. The van der Waals surface area contributed by atoms with Gasteiger partial charge in [0.25, 0.3) is 0 Å². The molecule has 1 atom stereocenters. The first-order valence-electron chi connectivity index (χ1n) is 11.5. The Morgan fingerprint density at radius 2 is 1.69 bits per heavy atom. The predicted octanol–water partition coefficient (Wildman–Crippen LogP) is 4.67. The Hall–Kier alpha value is -3.58. The molecule has 0 bridgehead atoms. The molecule has 0 fully saturated rings. The summed E-state index contributed by atoms with van der Waals surface area (Å²) in [6.07, 6.45) is -5.27. The van der Waals surface area contributed by atoms with Gasteiger partial charge in [-0.2, -0.15) is 13.2 Å². The number of aromatic nitrogens is 2. The van der Waals surface area contributed by atoms with Crippen LogP contribution in [0.3, 0.4) is 0 Å². The normalized spacial score (nSPS) is 13.9. The summed E-state index contributed by atoms with van der Waals surface area (Å²) in [5.41, 5.74) is 6.80. The third-order valence-corrected chi connectivity index (χ3v) is 6.10. The third kappa shape index (κ3) is 6.71. The number of amides is 2. The number of carbonyl (C=O) groups is 2. The van der Waals surface area contributed by atoms with Gasteiger partial charge in [-0.1, -0.05) is 12.1 Å². The molecular formula is C25H24ClF6N5O2. The fourth-order valence-corrected chi connectivity index (χ4v) is 4.37. The zero-order chi connectivity index (χ0) is 27.8. The van der Waals surface area contributed by atoms with Gasteiger partial charge in [0, 0.05) is 49.8 Å². The second-order valence-corrected chi connectivity index (χ2v) is 8.98. The molecule has 1 unspecified atom stereocenters. The molecule has 14 heteroatoms. The number of halogens is 7. The Morgan fingerprint density at radius 1 is 1.05 bits per heavy atom. The van der Waals surface area contributed by atoms with E-state index >= 15 is 0 Å². The fourth-order valence-electron chi connectivity index (χ4n) is 4.37. The summed E-state index contributed by atoms with van der Waals surface area (Å²) in [6.45, 7) is 0.927. The van der Waals surface area contributed by atoms with Crippen molar-refractivity contribution in [2.75, 3.05) is 11.9 Å². The van der Waals surface area contributed by atoms with E-state index in [1.165, 1.54) is 36.1 Å². The van der Waals surface area contributed by atoms with E-state index in [-0.39, 0.29) is 67.7 Å². The van der Waals surface area contributed by atoms with Crippen molar-refractivity contribution in [3.05, 3.63) is 70.9 Å². The molecule has 3 N–H and O–H groups in total. The van der Waals surface area contributed by atoms with Crippen LogP contribution in [-0.2, 0) is 35.3 Å². The number of imidazole rings is 1. The largest absolute Gasteiger partial charge is 0.449 e. The van der Waals surface area contributed by atoms with Gasteiger partial charge in [0.15, 0.2) is 11.6 Å². The van der Waals surface area contributed by atoms with Crippen molar-refractivity contribution in [3.63, 3.8) is 0 Å². The summed E-state index contributed by atoms with van der Waals surface area (Å²) >= 11 is 0. The Labute approximate surface area is 225 Å². The van der Waals surface area contributed by atoms with Gasteiger partial charge in [0.1, 0.15) is 5.82 Å². The molecule has 210 valence electrons. The zero-order valence-electron chi connectivity index (χ0n) is 20.5. The SMILES string of the molecule is CC(=O)Nc1ccc(-c2nc(C(F)(F)F)n3c2CN(C(=O)CC(N)Cc2cc(F)c(F)cc2F)CC3)cc1.Cl. The molecule has 1 aromatic heterocycles. The zero-order valence-corrected chi connectivity index (χ0v) is 21.3. The highest BCUT2D eigenvalue weighted by atomic mass is 35.5. The van der Waals surface area contributed by atoms with Crippen LogP contribution in [0.1, 0.15) is 30.4 Å². The monoisotopic (exact) mass is 575 g/mol. The summed E-state index contributed by atoms with van der Waals surface area (Å²) in [7, 11) is 0. The number of nitrogens with two attached hydrogens (primary N) is 1. The Kier molecular flexibility index (Phi) is 8.96. The van der Waals surface area contributed by atoms with Crippen LogP contribution in [0.25, 0.3) is 11.3 Å². The summed E-state index contributed by atoms with van der Waals surface area (Å²) in [5.74, 6) is -5.49. The number of hydrogen-bond donors (Lipinski definition) is 2. The molecule has 4 rings (SSSR count). The number of rotatable bonds is 6. The highest BCUT2D eigenvalue weighted by molar-refractivity contribution is 5.89. The Morgan fingerprint density at radius 3 is 2.31 bits per heavy atom. The maximum atomic E-state index is 14.0. The minimum absolute atomic E-state index is 0. The van der Waals surface area contributed by atoms with Crippen LogP contribution in [0.5, 0.6) is 0 Å². The number of fused-ring (bicyclic) bond motifs is 1. The first-order chi connectivity index (χ1) is 17.8. The molecule has 0 spiro atoms. The lowest BCUT2D eigenvalue weighted by atomic mass is 10.0. The van der Waals surface area contributed by atoms with Gasteiger partial charge in [-0.3, -0.25) is 9.59 Å². The van der Waals surface area contributed by atoms with Gasteiger partial charge in [0.2, 0.25) is 17.6 Å². The number of nitrogens with zero attached hydrogens (tertiary/aromatic N) is 3. The van der Waals surface area contributed by atoms with E-state index in [4.69, 9.17) is 5.73 Å². The second kappa shape index (κ2) is 11.7. The van der Waals surface area contributed by atoms with E-state index in [0.29, 0.717) is 23.4 Å². The molecule has 2 amide bonds. The number of benzene rings is 2. The molecule has 0 saturated heterocycles. The van der Waals surface area contributed by atoms with Crippen LogP contribution in [0.2, 0.25) is 0 Å². The lowest BCUT2D eigenvalue weighted by molar-refractivity contribution is -0.148. The number of carbonyl (C=O) groups excluding carboxylic acids is 2. The van der Waals surface area contributed by atoms with Crippen LogP contribution in [0, 0.1) is 17.5 Å². The molecule has 0 aliphatic carbocycles. The number of nitrogens with one attached hydrogen (secondary N) is 1. The molecular weight excluding hydrogens is 552 g/mol. The van der Waals surface area contributed by atoms with Gasteiger partial charge in [-0.05, 0) is 30.2 Å². The Balaban J connectivity index is 0.00000420. The smallest absolute Gasteiger partial charge is 0.335 e. The van der Waals surface area contributed by atoms with E-state index in [0.717, 1.165) is 4.57 Å². The van der Waals surface area contributed by atoms with Crippen LogP contribution in [0.4, 0.5) is 32.0 Å². The minimum atomic E-state index is -4.73. The number of alkyl halides is 3. The maximum Gasteiger partial charge on any atom is 0.449 e. The van der Waals surface area contributed by atoms with Crippen LogP contribution < -0.4 is 11.1 Å². The average Bonchev–Trinajstić information content (AvgIpc) is 3.22. The number of hydrogen-bond acceptors (Lipinski definition) is 4. The molecule has 2 aromatic carbocycles. The highest BCUT2D eigenvalue weighted by Gasteiger charge is 2.40. The van der Waals surface area contributed by atoms with E-state index in [2.05, 4.69) is 10.3 Å². The van der Waals surface area contributed by atoms with Crippen molar-refractivity contribution in [1.29, 1.82) is 0 Å². The van der Waals surface area contributed by atoms with E-state index in [9.17, 15) is 35.9 Å². The van der Waals surface area contributed by atoms with Crippen LogP contribution in [0.15, 0.2) is 36.4 Å². The first kappa shape index (κ1) is 30.0. The van der Waals surface area contributed by atoms with Gasteiger partial charge in [0.05, 0.1) is 17.9 Å². The van der Waals surface area contributed by atoms with Crippen molar-refractivity contribution in [2.45, 2.75) is 45.1 Å². The van der Waals surface area contributed by atoms with Crippen LogP contribution in [-0.4, -0.2) is 38.9 Å². The van der Waals surface area contributed by atoms with Crippen molar-refractivity contribution >= 4 is 29.9 Å².